The Kier molecular flexibility index (Phi) is 5.21. The molecule has 24 heavy (non-hydrogen) atoms. The molecule has 0 aliphatic heterocycles. The molecule has 1 aliphatic rings. The second kappa shape index (κ2) is 7.36. The second-order valence-electron chi connectivity index (χ2n) is 6.43. The van der Waals surface area contributed by atoms with Crippen LogP contribution in [0.1, 0.15) is 35.8 Å². The molecular weight excluding hydrogens is 318 g/mol. The summed E-state index contributed by atoms with van der Waals surface area (Å²) in [5.74, 6) is 1.31. The first kappa shape index (κ1) is 17.0. The van der Waals surface area contributed by atoms with E-state index in [9.17, 15) is 5.11 Å². The first-order valence-corrected chi connectivity index (χ1v) is 9.34. The summed E-state index contributed by atoms with van der Waals surface area (Å²) in [4.78, 5) is 5.52. The lowest BCUT2D eigenvalue weighted by molar-refractivity contribution is 0.0711. The number of aliphatic hydroxyl groups is 1. The van der Waals surface area contributed by atoms with E-state index >= 15 is 0 Å². The molecular formula is C19H25N3OS. The van der Waals surface area contributed by atoms with Gasteiger partial charge in [-0.1, -0.05) is 30.3 Å². The fourth-order valence-electron chi connectivity index (χ4n) is 3.00. The zero-order chi connectivity index (χ0) is 17.0. The molecule has 0 amide bonds. The number of nitrogens with one attached hydrogen (secondary N) is 2. The molecule has 2 unspecified atom stereocenters. The van der Waals surface area contributed by atoms with E-state index in [0.29, 0.717) is 12.5 Å². The van der Waals surface area contributed by atoms with Crippen LogP contribution in [-0.2, 0) is 12.0 Å². The van der Waals surface area contributed by atoms with Crippen molar-refractivity contribution in [3.05, 3.63) is 57.8 Å². The van der Waals surface area contributed by atoms with Crippen molar-refractivity contribution < 1.29 is 5.11 Å². The topological polar surface area (TPSA) is 56.7 Å². The molecule has 2 atom stereocenters. The summed E-state index contributed by atoms with van der Waals surface area (Å²) in [5, 5.41) is 19.3. The highest BCUT2D eigenvalue weighted by atomic mass is 32.1. The fraction of sp³-hybridized carbons (Fsp3) is 0.421. The number of guanidine groups is 1. The SMILES string of the molecule is CCNC(=NCC(C)(O)c1cccs1)NCC1Cc2ccccc21. The van der Waals surface area contributed by atoms with Gasteiger partial charge in [0, 0.05) is 23.9 Å². The number of hydrogen-bond donors (Lipinski definition) is 3. The number of benzene rings is 1. The van der Waals surface area contributed by atoms with Crippen LogP contribution in [-0.4, -0.2) is 30.7 Å². The molecule has 128 valence electrons. The minimum Gasteiger partial charge on any atom is -0.383 e. The van der Waals surface area contributed by atoms with Gasteiger partial charge in [0.2, 0.25) is 0 Å². The Morgan fingerprint density at radius 3 is 2.83 bits per heavy atom. The number of fused-ring (bicyclic) bond motifs is 1. The summed E-state index contributed by atoms with van der Waals surface area (Å²) in [7, 11) is 0. The van der Waals surface area contributed by atoms with Gasteiger partial charge in [-0.15, -0.1) is 11.3 Å². The third-order valence-electron chi connectivity index (χ3n) is 4.42. The number of rotatable bonds is 6. The molecule has 5 heteroatoms. The molecule has 1 aromatic carbocycles. The highest BCUT2D eigenvalue weighted by molar-refractivity contribution is 7.10. The molecule has 0 spiro atoms. The van der Waals surface area contributed by atoms with Crippen molar-refractivity contribution in [1.29, 1.82) is 0 Å². The van der Waals surface area contributed by atoms with Gasteiger partial charge in [0.1, 0.15) is 5.60 Å². The average molecular weight is 343 g/mol. The van der Waals surface area contributed by atoms with E-state index in [-0.39, 0.29) is 0 Å². The number of hydrogen-bond acceptors (Lipinski definition) is 3. The van der Waals surface area contributed by atoms with Crippen molar-refractivity contribution >= 4 is 17.3 Å². The normalized spacial score (nSPS) is 19.1. The van der Waals surface area contributed by atoms with Crippen LogP contribution in [0, 0.1) is 0 Å². The fourth-order valence-corrected chi connectivity index (χ4v) is 3.78. The molecule has 3 N–H and O–H groups in total. The van der Waals surface area contributed by atoms with Crippen LogP contribution >= 0.6 is 11.3 Å². The predicted molar refractivity (Wildman–Crippen MR) is 101 cm³/mol. The Balaban J connectivity index is 1.59. The van der Waals surface area contributed by atoms with Gasteiger partial charge in [-0.25, -0.2) is 4.99 Å². The van der Waals surface area contributed by atoms with E-state index in [1.165, 1.54) is 11.1 Å². The molecule has 4 nitrogen and oxygen atoms in total. The number of nitrogens with zero attached hydrogens (tertiary/aromatic N) is 1. The first-order chi connectivity index (χ1) is 11.6. The maximum absolute atomic E-state index is 10.6. The Hall–Kier alpha value is -1.85. The molecule has 3 rings (SSSR count). The molecule has 1 heterocycles. The molecule has 0 saturated carbocycles. The van der Waals surface area contributed by atoms with E-state index in [1.807, 2.05) is 31.4 Å². The van der Waals surface area contributed by atoms with Crippen LogP contribution in [0.2, 0.25) is 0 Å². The van der Waals surface area contributed by atoms with Gasteiger partial charge in [0.05, 0.1) is 6.54 Å². The lowest BCUT2D eigenvalue weighted by Gasteiger charge is -2.30. The summed E-state index contributed by atoms with van der Waals surface area (Å²) in [6, 6.07) is 12.5. The van der Waals surface area contributed by atoms with Crippen molar-refractivity contribution in [1.82, 2.24) is 10.6 Å². The zero-order valence-electron chi connectivity index (χ0n) is 14.2. The van der Waals surface area contributed by atoms with E-state index in [0.717, 1.165) is 30.3 Å². The monoisotopic (exact) mass is 343 g/mol. The van der Waals surface area contributed by atoms with Gasteiger partial charge in [-0.3, -0.25) is 0 Å². The van der Waals surface area contributed by atoms with Crippen LogP contribution in [0.5, 0.6) is 0 Å². The lowest BCUT2D eigenvalue weighted by Crippen LogP contribution is -2.42. The van der Waals surface area contributed by atoms with Crippen molar-refractivity contribution in [3.8, 4) is 0 Å². The zero-order valence-corrected chi connectivity index (χ0v) is 15.1. The molecule has 2 aromatic rings. The van der Waals surface area contributed by atoms with Crippen molar-refractivity contribution in [3.63, 3.8) is 0 Å². The van der Waals surface area contributed by atoms with Gasteiger partial charge in [-0.2, -0.15) is 0 Å². The molecule has 0 bridgehead atoms. The molecule has 0 radical (unpaired) electrons. The van der Waals surface area contributed by atoms with Crippen molar-refractivity contribution in [2.45, 2.75) is 31.8 Å². The van der Waals surface area contributed by atoms with Crippen molar-refractivity contribution in [2.75, 3.05) is 19.6 Å². The van der Waals surface area contributed by atoms with Crippen LogP contribution in [0.4, 0.5) is 0 Å². The average Bonchev–Trinajstić information content (AvgIpc) is 3.09. The number of thiophene rings is 1. The van der Waals surface area contributed by atoms with Gasteiger partial charge < -0.3 is 15.7 Å². The lowest BCUT2D eigenvalue weighted by atomic mass is 9.78. The minimum absolute atomic E-state index is 0.337. The second-order valence-corrected chi connectivity index (χ2v) is 7.37. The van der Waals surface area contributed by atoms with Crippen LogP contribution in [0.25, 0.3) is 0 Å². The molecule has 1 aromatic heterocycles. The Morgan fingerprint density at radius 1 is 1.29 bits per heavy atom. The van der Waals surface area contributed by atoms with Crippen LogP contribution in [0.3, 0.4) is 0 Å². The third kappa shape index (κ3) is 3.79. The van der Waals surface area contributed by atoms with Crippen LogP contribution in [0.15, 0.2) is 46.8 Å². The quantitative estimate of drug-likeness (QED) is 0.558. The Morgan fingerprint density at radius 2 is 2.12 bits per heavy atom. The highest BCUT2D eigenvalue weighted by Gasteiger charge is 2.26. The van der Waals surface area contributed by atoms with Gasteiger partial charge in [0.15, 0.2) is 5.96 Å². The smallest absolute Gasteiger partial charge is 0.191 e. The van der Waals surface area contributed by atoms with Crippen LogP contribution < -0.4 is 10.6 Å². The molecule has 1 aliphatic carbocycles. The Labute approximate surface area is 147 Å². The summed E-state index contributed by atoms with van der Waals surface area (Å²) >= 11 is 1.56. The van der Waals surface area contributed by atoms with E-state index in [4.69, 9.17) is 0 Å². The maximum atomic E-state index is 10.6. The van der Waals surface area contributed by atoms with Gasteiger partial charge in [0.25, 0.3) is 0 Å². The van der Waals surface area contributed by atoms with E-state index < -0.39 is 5.60 Å². The maximum Gasteiger partial charge on any atom is 0.191 e. The summed E-state index contributed by atoms with van der Waals surface area (Å²) in [6.45, 7) is 5.86. The minimum atomic E-state index is -0.931. The summed E-state index contributed by atoms with van der Waals surface area (Å²) in [5.41, 5.74) is 1.96. The number of aliphatic imine (C=N–C) groups is 1. The third-order valence-corrected chi connectivity index (χ3v) is 5.54. The van der Waals surface area contributed by atoms with Gasteiger partial charge >= 0.3 is 0 Å². The van der Waals surface area contributed by atoms with Crippen molar-refractivity contribution in [2.24, 2.45) is 4.99 Å². The van der Waals surface area contributed by atoms with Gasteiger partial charge in [-0.05, 0) is 42.8 Å². The predicted octanol–water partition coefficient (Wildman–Crippen LogP) is 2.85. The van der Waals surface area contributed by atoms with E-state index in [1.54, 1.807) is 11.3 Å². The first-order valence-electron chi connectivity index (χ1n) is 8.46. The molecule has 0 fully saturated rings. The van der Waals surface area contributed by atoms with E-state index in [2.05, 4.69) is 39.9 Å². The summed E-state index contributed by atoms with van der Waals surface area (Å²) < 4.78 is 0. The largest absolute Gasteiger partial charge is 0.383 e. The molecule has 0 saturated heterocycles. The Bertz CT molecular complexity index is 694. The highest BCUT2D eigenvalue weighted by Crippen LogP contribution is 2.34. The summed E-state index contributed by atoms with van der Waals surface area (Å²) in [6.07, 6.45) is 1.12. The standard InChI is InChI=1S/C19H25N3OS/c1-3-20-18(22-13-19(2,23)17-9-6-10-24-17)21-12-15-11-14-7-4-5-8-16(14)15/h4-10,15,23H,3,11-13H2,1-2H3,(H2,20,21,22).